The van der Waals surface area contributed by atoms with E-state index in [4.69, 9.17) is 23.7 Å². The van der Waals surface area contributed by atoms with Gasteiger partial charge in [-0.25, -0.2) is 0 Å². The minimum Gasteiger partial charge on any atom is -0.376 e. The van der Waals surface area contributed by atoms with Gasteiger partial charge in [0.2, 0.25) is 0 Å². The van der Waals surface area contributed by atoms with E-state index in [1.54, 1.807) is 0 Å². The van der Waals surface area contributed by atoms with E-state index in [0.717, 1.165) is 0 Å². The van der Waals surface area contributed by atoms with Crippen LogP contribution in [0.3, 0.4) is 0 Å². The Balaban J connectivity index is 3.94. The van der Waals surface area contributed by atoms with Gasteiger partial charge < -0.3 is 23.7 Å². The van der Waals surface area contributed by atoms with Gasteiger partial charge in [-0.2, -0.15) is 0 Å². The molecule has 5 heteroatoms. The first-order valence-corrected chi connectivity index (χ1v) is 8.27. The fourth-order valence-corrected chi connectivity index (χ4v) is 1.54. The standard InChI is InChI=1S/C17H36O5/c1-14(2)19-9-8-18-12-16(13-22-17(5,6)7)21-11-10-20-15(3)4/h14-16H,8-13H2,1-7H3. The molecule has 1 unspecified atom stereocenters. The van der Waals surface area contributed by atoms with Crippen molar-refractivity contribution >= 4 is 0 Å². The van der Waals surface area contributed by atoms with Gasteiger partial charge in [0.15, 0.2) is 0 Å². The van der Waals surface area contributed by atoms with Crippen LogP contribution < -0.4 is 0 Å². The van der Waals surface area contributed by atoms with Gasteiger partial charge in [0.1, 0.15) is 6.10 Å². The molecule has 0 aliphatic heterocycles. The highest BCUT2D eigenvalue weighted by molar-refractivity contribution is 4.63. The molecule has 0 radical (unpaired) electrons. The number of hydrogen-bond donors (Lipinski definition) is 0. The summed E-state index contributed by atoms with van der Waals surface area (Å²) in [4.78, 5) is 0. The molecule has 0 aromatic rings. The van der Waals surface area contributed by atoms with E-state index in [1.807, 2.05) is 48.5 Å². The summed E-state index contributed by atoms with van der Waals surface area (Å²) in [5.74, 6) is 0. The van der Waals surface area contributed by atoms with E-state index in [9.17, 15) is 0 Å². The SMILES string of the molecule is CC(C)OCCOCC(COC(C)(C)C)OCCOC(C)C. The molecule has 5 nitrogen and oxygen atoms in total. The molecule has 0 bridgehead atoms. The number of ether oxygens (including phenoxy) is 5. The molecule has 134 valence electrons. The lowest BCUT2D eigenvalue weighted by molar-refractivity contribution is -0.110. The van der Waals surface area contributed by atoms with Gasteiger partial charge in [-0.1, -0.05) is 0 Å². The van der Waals surface area contributed by atoms with Crippen molar-refractivity contribution in [2.24, 2.45) is 0 Å². The van der Waals surface area contributed by atoms with Crippen LogP contribution >= 0.6 is 0 Å². The van der Waals surface area contributed by atoms with E-state index < -0.39 is 0 Å². The Kier molecular flexibility index (Phi) is 12.1. The molecule has 0 aromatic carbocycles. The van der Waals surface area contributed by atoms with Crippen molar-refractivity contribution in [2.45, 2.75) is 72.4 Å². The lowest BCUT2D eigenvalue weighted by Gasteiger charge is -2.25. The van der Waals surface area contributed by atoms with Gasteiger partial charge >= 0.3 is 0 Å². The van der Waals surface area contributed by atoms with Crippen LogP contribution in [0, 0.1) is 0 Å². The summed E-state index contributed by atoms with van der Waals surface area (Å²) in [7, 11) is 0. The average Bonchev–Trinajstić information content (AvgIpc) is 2.37. The zero-order valence-electron chi connectivity index (χ0n) is 15.5. The fraction of sp³-hybridized carbons (Fsp3) is 1.00. The molecule has 0 amide bonds. The normalized spacial score (nSPS) is 14.0. The second kappa shape index (κ2) is 12.3. The van der Waals surface area contributed by atoms with Crippen LogP contribution in [0.2, 0.25) is 0 Å². The van der Waals surface area contributed by atoms with Crippen molar-refractivity contribution in [1.29, 1.82) is 0 Å². The van der Waals surface area contributed by atoms with Gasteiger partial charge in [-0.3, -0.25) is 0 Å². The van der Waals surface area contributed by atoms with Gasteiger partial charge in [-0.05, 0) is 48.5 Å². The third-order valence-corrected chi connectivity index (χ3v) is 2.57. The molecule has 0 fully saturated rings. The third kappa shape index (κ3) is 16.2. The fourth-order valence-electron chi connectivity index (χ4n) is 1.54. The summed E-state index contributed by atoms with van der Waals surface area (Å²) in [5, 5.41) is 0. The highest BCUT2D eigenvalue weighted by atomic mass is 16.6. The Bertz CT molecular complexity index is 248. The summed E-state index contributed by atoms with van der Waals surface area (Å²) >= 11 is 0. The van der Waals surface area contributed by atoms with Crippen molar-refractivity contribution < 1.29 is 23.7 Å². The van der Waals surface area contributed by atoms with E-state index in [2.05, 4.69) is 0 Å². The summed E-state index contributed by atoms with van der Waals surface area (Å²) in [6.07, 6.45) is 0.361. The molecule has 1 atom stereocenters. The summed E-state index contributed by atoms with van der Waals surface area (Å²) < 4.78 is 28.1. The molecule has 0 aliphatic carbocycles. The molecule has 0 aliphatic rings. The van der Waals surface area contributed by atoms with Crippen LogP contribution in [-0.4, -0.2) is 63.6 Å². The molecule has 0 saturated heterocycles. The van der Waals surface area contributed by atoms with Gasteiger partial charge in [0.05, 0.1) is 57.5 Å². The lowest BCUT2D eigenvalue weighted by atomic mass is 10.2. The minimum atomic E-state index is -0.184. The Hall–Kier alpha value is -0.200. The molecule has 0 spiro atoms. The second-order valence-electron chi connectivity index (χ2n) is 6.83. The van der Waals surface area contributed by atoms with Crippen LogP contribution in [0.25, 0.3) is 0 Å². The first-order chi connectivity index (χ1) is 10.2. The Labute approximate surface area is 136 Å². The maximum absolute atomic E-state index is 5.80. The van der Waals surface area contributed by atoms with Crippen LogP contribution in [0.5, 0.6) is 0 Å². The third-order valence-electron chi connectivity index (χ3n) is 2.57. The van der Waals surface area contributed by atoms with Crippen molar-refractivity contribution in [1.82, 2.24) is 0 Å². The minimum absolute atomic E-state index is 0.0889. The highest BCUT2D eigenvalue weighted by Gasteiger charge is 2.16. The summed E-state index contributed by atoms with van der Waals surface area (Å²) in [6.45, 7) is 17.4. The zero-order chi connectivity index (χ0) is 17.0. The Morgan fingerprint density at radius 3 is 1.68 bits per heavy atom. The van der Waals surface area contributed by atoms with Crippen LogP contribution in [0.4, 0.5) is 0 Å². The topological polar surface area (TPSA) is 46.2 Å². The molecule has 0 saturated carbocycles. The van der Waals surface area contributed by atoms with Crippen molar-refractivity contribution in [3.63, 3.8) is 0 Å². The number of hydrogen-bond acceptors (Lipinski definition) is 5. The van der Waals surface area contributed by atoms with Crippen LogP contribution in [-0.2, 0) is 23.7 Å². The van der Waals surface area contributed by atoms with Crippen LogP contribution in [0.15, 0.2) is 0 Å². The Morgan fingerprint density at radius 2 is 1.18 bits per heavy atom. The molecule has 0 N–H and O–H groups in total. The highest BCUT2D eigenvalue weighted by Crippen LogP contribution is 2.09. The maximum atomic E-state index is 5.80. The molecule has 0 heterocycles. The van der Waals surface area contributed by atoms with E-state index in [-0.39, 0.29) is 23.9 Å². The predicted octanol–water partition coefficient (Wildman–Crippen LogP) is 3.05. The van der Waals surface area contributed by atoms with E-state index in [1.165, 1.54) is 0 Å². The lowest BCUT2D eigenvalue weighted by Crippen LogP contribution is -2.32. The van der Waals surface area contributed by atoms with Gasteiger partial charge in [0.25, 0.3) is 0 Å². The molecular formula is C17H36O5. The van der Waals surface area contributed by atoms with Crippen molar-refractivity contribution in [2.75, 3.05) is 39.6 Å². The van der Waals surface area contributed by atoms with Crippen LogP contribution in [0.1, 0.15) is 48.5 Å². The molecule has 22 heavy (non-hydrogen) atoms. The Morgan fingerprint density at radius 1 is 0.682 bits per heavy atom. The first kappa shape index (κ1) is 21.8. The quantitative estimate of drug-likeness (QED) is 0.488. The van der Waals surface area contributed by atoms with Crippen molar-refractivity contribution in [3.05, 3.63) is 0 Å². The van der Waals surface area contributed by atoms with Gasteiger partial charge in [-0.15, -0.1) is 0 Å². The molecule has 0 aromatic heterocycles. The van der Waals surface area contributed by atoms with E-state index in [0.29, 0.717) is 39.6 Å². The molecular weight excluding hydrogens is 284 g/mol. The predicted molar refractivity (Wildman–Crippen MR) is 88.4 cm³/mol. The number of rotatable bonds is 13. The summed E-state index contributed by atoms with van der Waals surface area (Å²) in [6, 6.07) is 0. The molecule has 0 rings (SSSR count). The smallest absolute Gasteiger partial charge is 0.104 e. The first-order valence-electron chi connectivity index (χ1n) is 8.27. The monoisotopic (exact) mass is 320 g/mol. The van der Waals surface area contributed by atoms with E-state index >= 15 is 0 Å². The van der Waals surface area contributed by atoms with Gasteiger partial charge in [0, 0.05) is 0 Å². The maximum Gasteiger partial charge on any atom is 0.104 e. The zero-order valence-corrected chi connectivity index (χ0v) is 15.5. The summed E-state index contributed by atoms with van der Waals surface area (Å²) in [5.41, 5.74) is -0.184. The average molecular weight is 320 g/mol. The van der Waals surface area contributed by atoms with Crippen molar-refractivity contribution in [3.8, 4) is 0 Å². The largest absolute Gasteiger partial charge is 0.376 e. The second-order valence-corrected chi connectivity index (χ2v) is 6.83.